The number of thioether (sulfide) groups is 1. The van der Waals surface area contributed by atoms with E-state index >= 15 is 0 Å². The second-order valence-corrected chi connectivity index (χ2v) is 10.7. The zero-order valence-electron chi connectivity index (χ0n) is 19.3. The molecule has 0 spiro atoms. The van der Waals surface area contributed by atoms with E-state index in [-0.39, 0.29) is 28.9 Å². The highest BCUT2D eigenvalue weighted by atomic mass is 32.2. The number of rotatable bonds is 8. The maximum absolute atomic E-state index is 12.9. The molecule has 0 saturated carbocycles. The normalized spacial score (nSPS) is 33.3. The topological polar surface area (TPSA) is 154 Å². The van der Waals surface area contributed by atoms with Crippen LogP contribution in [0.3, 0.4) is 0 Å². The minimum Gasteiger partial charge on any atom is -0.477 e. The molecule has 4 aliphatic rings. The highest BCUT2D eigenvalue weighted by Gasteiger charge is 2.60. The maximum Gasteiger partial charge on any atom is 0.353 e. The van der Waals surface area contributed by atoms with Gasteiger partial charge in [-0.15, -0.1) is 11.8 Å². The Kier molecular flexibility index (Phi) is 7.36. The van der Waals surface area contributed by atoms with Crippen molar-refractivity contribution in [1.29, 1.82) is 0 Å². The van der Waals surface area contributed by atoms with Gasteiger partial charge in [0.1, 0.15) is 5.70 Å². The predicted molar refractivity (Wildman–Crippen MR) is 120 cm³/mol. The van der Waals surface area contributed by atoms with Gasteiger partial charge in [-0.05, 0) is 19.8 Å². The number of fused-ring (bicyclic) bond motifs is 1. The van der Waals surface area contributed by atoms with Gasteiger partial charge < -0.3 is 25.5 Å². The molecule has 11 nitrogen and oxygen atoms in total. The average Bonchev–Trinajstić information content (AvgIpc) is 3.52. The van der Waals surface area contributed by atoms with Crippen LogP contribution in [-0.2, 0) is 24.0 Å². The summed E-state index contributed by atoms with van der Waals surface area (Å²) in [5, 5.41) is 15.1. The van der Waals surface area contributed by atoms with Crippen LogP contribution in [0.1, 0.15) is 26.7 Å². The van der Waals surface area contributed by atoms with Crippen LogP contribution in [0.4, 0.5) is 8.78 Å². The molecule has 3 saturated heterocycles. The van der Waals surface area contributed by atoms with Gasteiger partial charge in [0.2, 0.25) is 11.8 Å². The van der Waals surface area contributed by atoms with Gasteiger partial charge in [-0.2, -0.15) is 8.78 Å². The number of aliphatic carboxylic acids is 1. The summed E-state index contributed by atoms with van der Waals surface area (Å²) in [5.41, 5.74) is -0.113. The van der Waals surface area contributed by atoms with Crippen LogP contribution in [0.15, 0.2) is 10.6 Å². The molecule has 1 unspecified atom stereocenters. The molecule has 4 aliphatic heterocycles. The van der Waals surface area contributed by atoms with Gasteiger partial charge in [0, 0.05) is 41.7 Å². The lowest BCUT2D eigenvalue weighted by molar-refractivity contribution is -0.159. The molecular weight excluding hydrogens is 488 g/mol. The van der Waals surface area contributed by atoms with Crippen molar-refractivity contribution in [1.82, 2.24) is 20.4 Å². The summed E-state index contributed by atoms with van der Waals surface area (Å²) in [4.78, 5) is 57.4. The van der Waals surface area contributed by atoms with Crippen molar-refractivity contribution >= 4 is 35.5 Å². The fourth-order valence-corrected chi connectivity index (χ4v) is 6.97. The molecule has 5 N–H and O–H groups in total. The number of likely N-dealkylation sites (tertiary alicyclic amines) is 1. The number of alkyl halides is 2. The van der Waals surface area contributed by atoms with Gasteiger partial charge in [-0.3, -0.25) is 19.2 Å². The molecule has 0 bridgehead atoms. The van der Waals surface area contributed by atoms with Crippen molar-refractivity contribution < 1.29 is 37.9 Å². The van der Waals surface area contributed by atoms with Crippen LogP contribution >= 0.6 is 11.8 Å². The summed E-state index contributed by atoms with van der Waals surface area (Å²) in [7, 11) is 0. The number of nitrogens with two attached hydrogens (primary N) is 1. The second kappa shape index (κ2) is 9.99. The van der Waals surface area contributed by atoms with Crippen LogP contribution in [-0.4, -0.2) is 94.1 Å². The van der Waals surface area contributed by atoms with Crippen LogP contribution in [0.2, 0.25) is 0 Å². The number of nitrogens with zero attached hydrogens (tertiary/aromatic N) is 2. The highest BCUT2D eigenvalue weighted by Crippen LogP contribution is 2.51. The number of hydrogen-bond donors (Lipinski definition) is 4. The quantitative estimate of drug-likeness (QED) is 0.246. The van der Waals surface area contributed by atoms with E-state index in [1.54, 1.807) is 11.8 Å². The Morgan fingerprint density at radius 2 is 2.06 bits per heavy atom. The fourth-order valence-electron chi connectivity index (χ4n) is 5.49. The van der Waals surface area contributed by atoms with Crippen molar-refractivity contribution in [3.8, 4) is 0 Å². The minimum absolute atomic E-state index is 0.0535. The molecule has 3 amide bonds. The molecular formula is C21H29F2N5O6S. The molecule has 0 aromatic heterocycles. The van der Waals surface area contributed by atoms with E-state index in [1.165, 1.54) is 23.6 Å². The minimum atomic E-state index is -3.21. The first-order valence-corrected chi connectivity index (χ1v) is 12.4. The summed E-state index contributed by atoms with van der Waals surface area (Å²) in [6.07, 6.45) is -2.23. The maximum atomic E-state index is 12.9. The molecule has 14 heteroatoms. The Hall–Kier alpha value is -2.29. The van der Waals surface area contributed by atoms with E-state index in [0.717, 1.165) is 0 Å². The molecule has 194 valence electrons. The highest BCUT2D eigenvalue weighted by molar-refractivity contribution is 8.03. The molecule has 0 aromatic rings. The predicted octanol–water partition coefficient (Wildman–Crippen LogP) is -0.516. The van der Waals surface area contributed by atoms with Gasteiger partial charge >= 0.3 is 12.4 Å². The number of hydrogen-bond acceptors (Lipinski definition) is 8. The summed E-state index contributed by atoms with van der Waals surface area (Å²) in [5.74, 6) is 0.774. The summed E-state index contributed by atoms with van der Waals surface area (Å²) in [6, 6.07) is -1.83. The second-order valence-electron chi connectivity index (χ2n) is 9.40. The molecule has 35 heavy (non-hydrogen) atoms. The fraction of sp³-hybridized carbons (Fsp3) is 0.714. The lowest BCUT2D eigenvalue weighted by atomic mass is 9.78. The first kappa shape index (κ1) is 25.8. The van der Waals surface area contributed by atoms with E-state index in [2.05, 4.69) is 10.6 Å². The molecule has 4 heterocycles. The Bertz CT molecular complexity index is 951. The van der Waals surface area contributed by atoms with Gasteiger partial charge in [-0.25, -0.2) is 10.7 Å². The third-order valence-electron chi connectivity index (χ3n) is 7.23. The lowest BCUT2D eigenvalue weighted by Gasteiger charge is -2.47. The lowest BCUT2D eigenvalue weighted by Crippen LogP contribution is -2.66. The van der Waals surface area contributed by atoms with Crippen LogP contribution in [0.5, 0.6) is 0 Å². The van der Waals surface area contributed by atoms with Crippen molar-refractivity contribution in [2.24, 2.45) is 17.7 Å². The van der Waals surface area contributed by atoms with Crippen molar-refractivity contribution in [3.63, 3.8) is 0 Å². The SMILES string of the molecule is C[C@@H](NC(=O)C(F)F)[C@H]1C(=O)N2C(C(=O)O)=C(S[C@@H]3CN[C@H](C(=O)N4CCC(ON)C4)C3)[C@H](C)[C@H]12. The van der Waals surface area contributed by atoms with E-state index in [9.17, 15) is 33.1 Å². The Morgan fingerprint density at radius 3 is 2.66 bits per heavy atom. The van der Waals surface area contributed by atoms with Crippen molar-refractivity contribution in [2.75, 3.05) is 19.6 Å². The Balaban J connectivity index is 1.43. The van der Waals surface area contributed by atoms with Gasteiger partial charge in [-0.1, -0.05) is 6.92 Å². The van der Waals surface area contributed by atoms with Crippen molar-refractivity contribution in [2.45, 2.75) is 62.6 Å². The zero-order chi connectivity index (χ0) is 25.6. The molecule has 4 rings (SSSR count). The number of carboxylic acid groups (broad SMARTS) is 1. The number of carboxylic acids is 1. The summed E-state index contributed by atoms with van der Waals surface area (Å²) >= 11 is 1.33. The van der Waals surface area contributed by atoms with Gasteiger partial charge in [0.15, 0.2) is 0 Å². The number of β-lactam (4-membered cyclic amide) rings is 1. The van der Waals surface area contributed by atoms with Crippen molar-refractivity contribution in [3.05, 3.63) is 10.6 Å². The van der Waals surface area contributed by atoms with Crippen LogP contribution in [0, 0.1) is 11.8 Å². The molecule has 0 radical (unpaired) electrons. The standard InChI is InChI=1S/C21H29F2N5O6S/c1-8-14-13(9(2)26-18(29)17(22)23)20(31)28(14)15(21(32)33)16(8)35-11-5-12(25-6-11)19(30)27-4-3-10(7-27)34-24/h8-14,17,25H,3-7,24H2,1-2H3,(H,26,29)(H,32,33)/t8-,9-,10?,11+,12+,13-,14-/m1/s1. The number of halogens is 2. The third kappa shape index (κ3) is 4.63. The monoisotopic (exact) mass is 517 g/mol. The van der Waals surface area contributed by atoms with E-state index < -0.39 is 48.3 Å². The number of carbonyl (C=O) groups excluding carboxylic acids is 3. The molecule has 3 fully saturated rings. The number of carbonyl (C=O) groups is 4. The van der Waals surface area contributed by atoms with Crippen LogP contribution in [0.25, 0.3) is 0 Å². The van der Waals surface area contributed by atoms with E-state index in [1.807, 2.05) is 0 Å². The Morgan fingerprint density at radius 1 is 1.34 bits per heavy atom. The number of nitrogens with one attached hydrogen (secondary N) is 2. The summed E-state index contributed by atoms with van der Waals surface area (Å²) < 4.78 is 25.3. The average molecular weight is 518 g/mol. The van der Waals surface area contributed by atoms with E-state index in [0.29, 0.717) is 37.4 Å². The molecule has 7 atom stereocenters. The molecule has 0 aliphatic carbocycles. The zero-order valence-corrected chi connectivity index (χ0v) is 20.1. The number of amides is 3. The van der Waals surface area contributed by atoms with Gasteiger partial charge in [0.25, 0.3) is 5.91 Å². The first-order valence-electron chi connectivity index (χ1n) is 11.5. The smallest absolute Gasteiger partial charge is 0.353 e. The summed E-state index contributed by atoms with van der Waals surface area (Å²) in [6.45, 7) is 4.73. The van der Waals surface area contributed by atoms with Crippen LogP contribution < -0.4 is 16.5 Å². The third-order valence-corrected chi connectivity index (χ3v) is 8.74. The largest absolute Gasteiger partial charge is 0.477 e. The van der Waals surface area contributed by atoms with E-state index in [4.69, 9.17) is 10.7 Å². The van der Waals surface area contributed by atoms with Gasteiger partial charge in [0.05, 0.1) is 24.1 Å². The first-order chi connectivity index (χ1) is 16.5. The molecule has 0 aromatic carbocycles. The Labute approximate surface area is 204 Å².